The van der Waals surface area contributed by atoms with Gasteiger partial charge in [0.1, 0.15) is 5.69 Å². The number of halogens is 1. The quantitative estimate of drug-likeness (QED) is 0.452. The first-order valence-corrected chi connectivity index (χ1v) is 6.70. The minimum atomic E-state index is -0.398. The van der Waals surface area contributed by atoms with Gasteiger partial charge in [-0.2, -0.15) is 0 Å². The lowest BCUT2D eigenvalue weighted by Crippen LogP contribution is -2.11. The summed E-state index contributed by atoms with van der Waals surface area (Å²) in [6.45, 7) is 3.95. The molecule has 0 radical (unpaired) electrons. The molecule has 0 saturated carbocycles. The molecule has 100 valence electrons. The number of anilines is 1. The predicted octanol–water partition coefficient (Wildman–Crippen LogP) is 3.59. The van der Waals surface area contributed by atoms with Gasteiger partial charge in [-0.3, -0.25) is 10.1 Å². The molecule has 0 unspecified atom stereocenters. The Balaban J connectivity index is 2.44. The highest BCUT2D eigenvalue weighted by Gasteiger charge is 2.13. The van der Waals surface area contributed by atoms with Crippen LogP contribution in [0.4, 0.5) is 11.4 Å². The van der Waals surface area contributed by atoms with E-state index >= 15 is 0 Å². The van der Waals surface area contributed by atoms with Crippen LogP contribution in [0.5, 0.6) is 0 Å². The van der Waals surface area contributed by atoms with Gasteiger partial charge in [-0.25, -0.2) is 0 Å². The molecule has 1 aromatic rings. The van der Waals surface area contributed by atoms with Crippen LogP contribution in [0.15, 0.2) is 22.7 Å². The van der Waals surface area contributed by atoms with Gasteiger partial charge in [0.15, 0.2) is 0 Å². The zero-order valence-corrected chi connectivity index (χ0v) is 11.9. The summed E-state index contributed by atoms with van der Waals surface area (Å²) in [4.78, 5) is 10.5. The van der Waals surface area contributed by atoms with Crippen LogP contribution in [-0.2, 0) is 4.74 Å². The molecule has 0 saturated heterocycles. The molecule has 0 aliphatic rings. The molecule has 0 bridgehead atoms. The van der Waals surface area contributed by atoms with Crippen LogP contribution in [0, 0.1) is 10.1 Å². The topological polar surface area (TPSA) is 64.4 Å². The predicted molar refractivity (Wildman–Crippen MR) is 75.0 cm³/mol. The second kappa shape index (κ2) is 8.05. The third-order valence-corrected chi connectivity index (χ3v) is 2.85. The Labute approximate surface area is 115 Å². The second-order valence-corrected chi connectivity index (χ2v) is 4.73. The van der Waals surface area contributed by atoms with Crippen LogP contribution in [0.3, 0.4) is 0 Å². The highest BCUT2D eigenvalue weighted by molar-refractivity contribution is 9.10. The highest BCUT2D eigenvalue weighted by atomic mass is 79.9. The lowest BCUT2D eigenvalue weighted by molar-refractivity contribution is -0.384. The molecule has 18 heavy (non-hydrogen) atoms. The summed E-state index contributed by atoms with van der Waals surface area (Å²) in [5.74, 6) is 0. The van der Waals surface area contributed by atoms with E-state index in [2.05, 4.69) is 28.2 Å². The van der Waals surface area contributed by atoms with E-state index < -0.39 is 4.92 Å². The fourth-order valence-corrected chi connectivity index (χ4v) is 1.76. The molecule has 0 aliphatic carbocycles. The average molecular weight is 317 g/mol. The summed E-state index contributed by atoms with van der Waals surface area (Å²) < 4.78 is 6.07. The Bertz CT molecular complexity index is 399. The van der Waals surface area contributed by atoms with Crippen molar-refractivity contribution in [2.24, 2.45) is 0 Å². The first kappa shape index (κ1) is 14.9. The van der Waals surface area contributed by atoms with E-state index in [4.69, 9.17) is 4.74 Å². The van der Waals surface area contributed by atoms with Gasteiger partial charge in [0.25, 0.3) is 5.69 Å². The van der Waals surface area contributed by atoms with Crippen LogP contribution < -0.4 is 5.32 Å². The standard InChI is InChI=1S/C12H17BrN2O3/c1-2-3-7-18-8-6-14-11-5-4-10(13)9-12(11)15(16)17/h4-5,9,14H,2-3,6-8H2,1H3. The molecule has 1 aromatic carbocycles. The first-order chi connectivity index (χ1) is 8.65. The molecule has 6 heteroatoms. The molecule has 0 spiro atoms. The van der Waals surface area contributed by atoms with Gasteiger partial charge >= 0.3 is 0 Å². The lowest BCUT2D eigenvalue weighted by Gasteiger charge is -2.08. The Kier molecular flexibility index (Phi) is 6.67. The van der Waals surface area contributed by atoms with Gasteiger partial charge in [-0.15, -0.1) is 0 Å². The SMILES string of the molecule is CCCCOCCNc1ccc(Br)cc1[N+](=O)[O-]. The largest absolute Gasteiger partial charge is 0.380 e. The fraction of sp³-hybridized carbons (Fsp3) is 0.500. The normalized spacial score (nSPS) is 10.3. The Morgan fingerprint density at radius 3 is 2.89 bits per heavy atom. The van der Waals surface area contributed by atoms with Crippen molar-refractivity contribution >= 4 is 27.3 Å². The van der Waals surface area contributed by atoms with Crippen LogP contribution in [-0.4, -0.2) is 24.7 Å². The van der Waals surface area contributed by atoms with Gasteiger partial charge in [0, 0.05) is 23.7 Å². The average Bonchev–Trinajstić information content (AvgIpc) is 2.35. The monoisotopic (exact) mass is 316 g/mol. The fourth-order valence-electron chi connectivity index (χ4n) is 1.41. The maximum Gasteiger partial charge on any atom is 0.293 e. The number of nitro groups is 1. The van der Waals surface area contributed by atoms with Gasteiger partial charge in [0.2, 0.25) is 0 Å². The van der Waals surface area contributed by atoms with Crippen molar-refractivity contribution in [3.05, 3.63) is 32.8 Å². The van der Waals surface area contributed by atoms with Gasteiger partial charge < -0.3 is 10.1 Å². The van der Waals surface area contributed by atoms with Gasteiger partial charge in [0.05, 0.1) is 11.5 Å². The molecule has 5 nitrogen and oxygen atoms in total. The molecule has 0 heterocycles. The molecule has 0 fully saturated rings. The molecule has 1 rings (SSSR count). The van der Waals surface area contributed by atoms with Crippen LogP contribution in [0.25, 0.3) is 0 Å². The summed E-state index contributed by atoms with van der Waals surface area (Å²) in [7, 11) is 0. The maximum atomic E-state index is 10.9. The van der Waals surface area contributed by atoms with Gasteiger partial charge in [-0.1, -0.05) is 29.3 Å². The van der Waals surface area contributed by atoms with Crippen molar-refractivity contribution in [3.8, 4) is 0 Å². The van der Waals surface area contributed by atoms with E-state index in [0.717, 1.165) is 19.4 Å². The lowest BCUT2D eigenvalue weighted by atomic mass is 10.2. The zero-order chi connectivity index (χ0) is 13.4. The highest BCUT2D eigenvalue weighted by Crippen LogP contribution is 2.27. The maximum absolute atomic E-state index is 10.9. The van der Waals surface area contributed by atoms with Crippen LogP contribution in [0.1, 0.15) is 19.8 Å². The van der Waals surface area contributed by atoms with Crippen LogP contribution >= 0.6 is 15.9 Å². The summed E-state index contributed by atoms with van der Waals surface area (Å²) in [6.07, 6.45) is 2.14. The first-order valence-electron chi connectivity index (χ1n) is 5.90. The number of benzene rings is 1. The van der Waals surface area contributed by atoms with E-state index in [1.165, 1.54) is 6.07 Å². The van der Waals surface area contributed by atoms with Crippen molar-refractivity contribution in [3.63, 3.8) is 0 Å². The number of hydrogen-bond acceptors (Lipinski definition) is 4. The van der Waals surface area contributed by atoms with Crippen molar-refractivity contribution in [2.45, 2.75) is 19.8 Å². The van der Waals surface area contributed by atoms with E-state index in [1.807, 2.05) is 0 Å². The summed E-state index contributed by atoms with van der Waals surface area (Å²) in [5, 5.41) is 13.9. The summed E-state index contributed by atoms with van der Waals surface area (Å²) in [5.41, 5.74) is 0.584. The van der Waals surface area contributed by atoms with Crippen molar-refractivity contribution < 1.29 is 9.66 Å². The van der Waals surface area contributed by atoms with Gasteiger partial charge in [-0.05, 0) is 18.6 Å². The number of hydrogen-bond donors (Lipinski definition) is 1. The molecule has 1 N–H and O–H groups in total. The molecule has 0 aliphatic heterocycles. The van der Waals surface area contributed by atoms with Crippen molar-refractivity contribution in [1.29, 1.82) is 0 Å². The Hall–Kier alpha value is -1.14. The minimum Gasteiger partial charge on any atom is -0.380 e. The number of unbranched alkanes of at least 4 members (excludes halogenated alkanes) is 1. The molecule has 0 amide bonds. The summed E-state index contributed by atoms with van der Waals surface area (Å²) in [6, 6.07) is 4.95. The number of nitrogens with zero attached hydrogens (tertiary/aromatic N) is 1. The van der Waals surface area contributed by atoms with E-state index in [9.17, 15) is 10.1 Å². The molecule has 0 aromatic heterocycles. The second-order valence-electron chi connectivity index (χ2n) is 3.81. The van der Waals surface area contributed by atoms with E-state index in [0.29, 0.717) is 23.3 Å². The number of rotatable bonds is 8. The number of nitro benzene ring substituents is 1. The smallest absolute Gasteiger partial charge is 0.293 e. The third-order valence-electron chi connectivity index (χ3n) is 2.36. The van der Waals surface area contributed by atoms with E-state index in [-0.39, 0.29) is 5.69 Å². The Morgan fingerprint density at radius 2 is 2.22 bits per heavy atom. The third kappa shape index (κ3) is 5.01. The molecular weight excluding hydrogens is 300 g/mol. The molecular formula is C12H17BrN2O3. The Morgan fingerprint density at radius 1 is 1.44 bits per heavy atom. The minimum absolute atomic E-state index is 0.0675. The number of nitrogens with one attached hydrogen (secondary N) is 1. The van der Waals surface area contributed by atoms with Crippen molar-refractivity contribution in [2.75, 3.05) is 25.1 Å². The number of ether oxygens (including phenoxy) is 1. The van der Waals surface area contributed by atoms with E-state index in [1.54, 1.807) is 12.1 Å². The molecule has 0 atom stereocenters. The van der Waals surface area contributed by atoms with Crippen LogP contribution in [0.2, 0.25) is 0 Å². The summed E-state index contributed by atoms with van der Waals surface area (Å²) >= 11 is 3.22. The van der Waals surface area contributed by atoms with Crippen molar-refractivity contribution in [1.82, 2.24) is 0 Å². The zero-order valence-electron chi connectivity index (χ0n) is 10.3.